The van der Waals surface area contributed by atoms with Gasteiger partial charge >= 0.3 is 0 Å². The number of sulfone groups is 1. The highest BCUT2D eigenvalue weighted by Crippen LogP contribution is 2.34. The Kier molecular flexibility index (Phi) is 5.42. The van der Waals surface area contributed by atoms with Crippen molar-refractivity contribution >= 4 is 33.0 Å². The van der Waals surface area contributed by atoms with Gasteiger partial charge in [-0.2, -0.15) is 0 Å². The number of amides is 2. The van der Waals surface area contributed by atoms with Crippen molar-refractivity contribution < 1.29 is 22.7 Å². The summed E-state index contributed by atoms with van der Waals surface area (Å²) in [5.41, 5.74) is 2.48. The zero-order valence-corrected chi connectivity index (χ0v) is 16.7. The third-order valence-electron chi connectivity index (χ3n) is 4.64. The molecule has 148 valence electrons. The lowest BCUT2D eigenvalue weighted by Gasteiger charge is -2.21. The van der Waals surface area contributed by atoms with E-state index in [-0.39, 0.29) is 29.7 Å². The quantitative estimate of drug-likeness (QED) is 0.801. The molecule has 0 spiro atoms. The van der Waals surface area contributed by atoms with Gasteiger partial charge in [0.15, 0.2) is 16.4 Å². The van der Waals surface area contributed by atoms with Crippen LogP contribution < -0.4 is 15.4 Å². The highest BCUT2D eigenvalue weighted by molar-refractivity contribution is 7.92. The van der Waals surface area contributed by atoms with Crippen LogP contribution in [0, 0.1) is 13.8 Å². The SMILES string of the molecule is Cc1ccccc1NC(=O)C[C@H](C)S(=O)(=O)c1cc2c(cc1C)NC(=O)CO2. The topological polar surface area (TPSA) is 102 Å². The largest absolute Gasteiger partial charge is 0.482 e. The Bertz CT molecular complexity index is 1050. The number of carbonyl (C=O) groups is 2. The number of carbonyl (C=O) groups excluding carboxylic acids is 2. The van der Waals surface area contributed by atoms with Crippen LogP contribution in [0.3, 0.4) is 0 Å². The molecule has 1 atom stereocenters. The molecular weight excluding hydrogens is 380 g/mol. The van der Waals surface area contributed by atoms with E-state index in [1.54, 1.807) is 25.1 Å². The summed E-state index contributed by atoms with van der Waals surface area (Å²) in [5, 5.41) is 4.48. The first kappa shape index (κ1) is 19.9. The number of hydrogen-bond acceptors (Lipinski definition) is 5. The third kappa shape index (κ3) is 4.01. The molecular formula is C20H22N2O5S. The molecule has 3 rings (SSSR count). The summed E-state index contributed by atoms with van der Waals surface area (Å²) in [5.74, 6) is -0.353. The zero-order valence-electron chi connectivity index (χ0n) is 15.9. The van der Waals surface area contributed by atoms with Gasteiger partial charge in [0.25, 0.3) is 5.91 Å². The molecule has 1 aliphatic rings. The number of fused-ring (bicyclic) bond motifs is 1. The van der Waals surface area contributed by atoms with E-state index in [0.717, 1.165) is 5.56 Å². The van der Waals surface area contributed by atoms with Crippen LogP contribution in [0.15, 0.2) is 41.3 Å². The predicted octanol–water partition coefficient (Wildman–Crippen LogP) is 2.83. The predicted molar refractivity (Wildman–Crippen MR) is 106 cm³/mol. The number of hydrogen-bond donors (Lipinski definition) is 2. The molecule has 0 saturated heterocycles. The minimum absolute atomic E-state index is 0.0959. The summed E-state index contributed by atoms with van der Waals surface area (Å²) in [6.45, 7) is 4.86. The molecule has 1 heterocycles. The van der Waals surface area contributed by atoms with Gasteiger partial charge < -0.3 is 15.4 Å². The summed E-state index contributed by atoms with van der Waals surface area (Å²) >= 11 is 0. The maximum absolute atomic E-state index is 13.0. The van der Waals surface area contributed by atoms with Gasteiger partial charge in [0.1, 0.15) is 5.75 Å². The molecule has 0 unspecified atom stereocenters. The summed E-state index contributed by atoms with van der Waals surface area (Å²) in [6.07, 6.45) is -0.176. The van der Waals surface area contributed by atoms with Crippen LogP contribution in [0.2, 0.25) is 0 Å². The number of aryl methyl sites for hydroxylation is 2. The highest BCUT2D eigenvalue weighted by atomic mass is 32.2. The average molecular weight is 402 g/mol. The molecule has 0 fully saturated rings. The molecule has 0 aliphatic carbocycles. The van der Waals surface area contributed by atoms with E-state index in [1.807, 2.05) is 19.1 Å². The van der Waals surface area contributed by atoms with E-state index in [0.29, 0.717) is 22.7 Å². The second-order valence-corrected chi connectivity index (χ2v) is 9.21. The lowest BCUT2D eigenvalue weighted by molar-refractivity contribution is -0.118. The van der Waals surface area contributed by atoms with Crippen molar-refractivity contribution in [3.05, 3.63) is 47.5 Å². The van der Waals surface area contributed by atoms with Crippen molar-refractivity contribution in [2.45, 2.75) is 37.3 Å². The first-order valence-corrected chi connectivity index (χ1v) is 10.4. The van der Waals surface area contributed by atoms with Crippen molar-refractivity contribution in [2.75, 3.05) is 17.2 Å². The molecule has 0 aromatic heterocycles. The second-order valence-electron chi connectivity index (χ2n) is 6.87. The van der Waals surface area contributed by atoms with Crippen LogP contribution in [-0.4, -0.2) is 32.1 Å². The van der Waals surface area contributed by atoms with Crippen molar-refractivity contribution in [3.8, 4) is 5.75 Å². The fourth-order valence-corrected chi connectivity index (χ4v) is 4.61. The minimum atomic E-state index is -3.77. The Morgan fingerprint density at radius 3 is 2.64 bits per heavy atom. The maximum atomic E-state index is 13.0. The Labute approximate surface area is 164 Å². The minimum Gasteiger partial charge on any atom is -0.482 e. The number of benzene rings is 2. The van der Waals surface area contributed by atoms with Crippen molar-refractivity contribution in [1.29, 1.82) is 0 Å². The fraction of sp³-hybridized carbons (Fsp3) is 0.300. The van der Waals surface area contributed by atoms with Crippen LogP contribution in [0.1, 0.15) is 24.5 Å². The summed E-state index contributed by atoms with van der Waals surface area (Å²) in [4.78, 5) is 23.9. The number of anilines is 2. The van der Waals surface area contributed by atoms with Crippen LogP contribution >= 0.6 is 0 Å². The third-order valence-corrected chi connectivity index (χ3v) is 6.92. The van der Waals surface area contributed by atoms with Gasteiger partial charge in [-0.1, -0.05) is 18.2 Å². The van der Waals surface area contributed by atoms with Crippen molar-refractivity contribution in [3.63, 3.8) is 0 Å². The standard InChI is InChI=1S/C20H22N2O5S/c1-12-6-4-5-7-15(12)21-19(23)9-14(3)28(25,26)18-10-17-16(8-13(18)2)22-20(24)11-27-17/h4-8,10,14H,9,11H2,1-3H3,(H,21,23)(H,22,24)/t14-/m0/s1. The summed E-state index contributed by atoms with van der Waals surface area (Å²) < 4.78 is 31.4. The number of para-hydroxylation sites is 1. The summed E-state index contributed by atoms with van der Waals surface area (Å²) in [7, 11) is -3.77. The number of ether oxygens (including phenoxy) is 1. The van der Waals surface area contributed by atoms with Gasteiger partial charge in [0.2, 0.25) is 5.91 Å². The number of rotatable bonds is 5. The van der Waals surface area contributed by atoms with Crippen LogP contribution in [0.4, 0.5) is 11.4 Å². The molecule has 28 heavy (non-hydrogen) atoms. The summed E-state index contributed by atoms with van der Waals surface area (Å²) in [6, 6.07) is 10.3. The van der Waals surface area contributed by atoms with Crippen LogP contribution in [0.25, 0.3) is 0 Å². The molecule has 8 heteroatoms. The normalized spacial score (nSPS) is 14.5. The monoisotopic (exact) mass is 402 g/mol. The van der Waals surface area contributed by atoms with Gasteiger partial charge in [-0.25, -0.2) is 8.42 Å². The van der Waals surface area contributed by atoms with Gasteiger partial charge in [0, 0.05) is 18.2 Å². The van der Waals surface area contributed by atoms with Gasteiger partial charge in [-0.05, 0) is 44.0 Å². The molecule has 0 bridgehead atoms. The maximum Gasteiger partial charge on any atom is 0.262 e. The molecule has 1 aliphatic heterocycles. The Hall–Kier alpha value is -2.87. The van der Waals surface area contributed by atoms with E-state index < -0.39 is 15.1 Å². The van der Waals surface area contributed by atoms with E-state index in [2.05, 4.69) is 10.6 Å². The van der Waals surface area contributed by atoms with Gasteiger partial charge in [-0.15, -0.1) is 0 Å². The molecule has 2 aromatic carbocycles. The first-order chi connectivity index (χ1) is 13.2. The Balaban J connectivity index is 1.79. The molecule has 0 radical (unpaired) electrons. The first-order valence-electron chi connectivity index (χ1n) is 8.85. The number of nitrogens with one attached hydrogen (secondary N) is 2. The molecule has 2 N–H and O–H groups in total. The second kappa shape index (κ2) is 7.63. The van der Waals surface area contributed by atoms with Crippen molar-refractivity contribution in [2.24, 2.45) is 0 Å². The van der Waals surface area contributed by atoms with E-state index >= 15 is 0 Å². The molecule has 2 aromatic rings. The Morgan fingerprint density at radius 2 is 1.93 bits per heavy atom. The smallest absolute Gasteiger partial charge is 0.262 e. The average Bonchev–Trinajstić information content (AvgIpc) is 2.62. The zero-order chi connectivity index (χ0) is 20.5. The van der Waals surface area contributed by atoms with E-state index in [9.17, 15) is 18.0 Å². The van der Waals surface area contributed by atoms with Crippen molar-refractivity contribution in [1.82, 2.24) is 0 Å². The van der Waals surface area contributed by atoms with Gasteiger partial charge in [-0.3, -0.25) is 9.59 Å². The van der Waals surface area contributed by atoms with E-state index in [4.69, 9.17) is 4.74 Å². The highest BCUT2D eigenvalue weighted by Gasteiger charge is 2.29. The fourth-order valence-electron chi connectivity index (χ4n) is 3.02. The van der Waals surface area contributed by atoms with Gasteiger partial charge in [0.05, 0.1) is 15.8 Å². The van der Waals surface area contributed by atoms with Crippen LogP contribution in [-0.2, 0) is 19.4 Å². The molecule has 7 nitrogen and oxygen atoms in total. The van der Waals surface area contributed by atoms with Crippen LogP contribution in [0.5, 0.6) is 5.75 Å². The lowest BCUT2D eigenvalue weighted by atomic mass is 10.2. The lowest BCUT2D eigenvalue weighted by Crippen LogP contribution is -2.27. The Morgan fingerprint density at radius 1 is 1.21 bits per heavy atom. The molecule has 0 saturated carbocycles. The molecule has 2 amide bonds. The van der Waals surface area contributed by atoms with E-state index in [1.165, 1.54) is 13.0 Å².